The minimum atomic E-state index is 0.673. The van der Waals surface area contributed by atoms with Gasteiger partial charge in [-0.15, -0.1) is 0 Å². The molecular formula is C15H21N5. The fraction of sp³-hybridized carbons (Fsp3) is 0.333. The smallest absolute Gasteiger partial charge is 0.148 e. The third-order valence-electron chi connectivity index (χ3n) is 3.41. The van der Waals surface area contributed by atoms with Crippen molar-refractivity contribution in [2.45, 2.75) is 27.2 Å². The average Bonchev–Trinajstić information content (AvgIpc) is 2.47. The van der Waals surface area contributed by atoms with Gasteiger partial charge in [-0.25, -0.2) is 15.8 Å². The summed E-state index contributed by atoms with van der Waals surface area (Å²) >= 11 is 0. The molecule has 0 saturated carbocycles. The van der Waals surface area contributed by atoms with E-state index in [1.54, 1.807) is 0 Å². The number of nitrogens with two attached hydrogens (primary N) is 1. The van der Waals surface area contributed by atoms with E-state index < -0.39 is 0 Å². The topological polar surface area (TPSA) is 67.1 Å². The maximum atomic E-state index is 5.55. The first-order valence-corrected chi connectivity index (χ1v) is 6.72. The van der Waals surface area contributed by atoms with Crippen LogP contribution in [0.1, 0.15) is 23.9 Å². The van der Waals surface area contributed by atoms with E-state index in [9.17, 15) is 0 Å². The van der Waals surface area contributed by atoms with E-state index in [4.69, 9.17) is 5.84 Å². The van der Waals surface area contributed by atoms with Crippen LogP contribution in [0.15, 0.2) is 24.3 Å². The molecule has 3 N–H and O–H groups in total. The zero-order chi connectivity index (χ0) is 14.7. The number of benzene rings is 1. The third kappa shape index (κ3) is 2.58. The van der Waals surface area contributed by atoms with Gasteiger partial charge in [-0.3, -0.25) is 0 Å². The molecule has 0 amide bonds. The monoisotopic (exact) mass is 271 g/mol. The highest BCUT2D eigenvalue weighted by molar-refractivity contribution is 5.68. The normalized spacial score (nSPS) is 10.4. The maximum absolute atomic E-state index is 5.55. The first kappa shape index (κ1) is 14.3. The van der Waals surface area contributed by atoms with Crippen LogP contribution in [0.2, 0.25) is 0 Å². The van der Waals surface area contributed by atoms with Gasteiger partial charge in [0, 0.05) is 24.7 Å². The number of para-hydroxylation sites is 1. The lowest BCUT2D eigenvalue weighted by molar-refractivity contribution is 0.913. The number of rotatable bonds is 4. The molecule has 0 fully saturated rings. The highest BCUT2D eigenvalue weighted by Crippen LogP contribution is 2.30. The van der Waals surface area contributed by atoms with Crippen LogP contribution in [-0.4, -0.2) is 17.0 Å². The Kier molecular flexibility index (Phi) is 4.20. The third-order valence-corrected chi connectivity index (χ3v) is 3.41. The van der Waals surface area contributed by atoms with Gasteiger partial charge in [0.15, 0.2) is 0 Å². The maximum Gasteiger partial charge on any atom is 0.148 e. The largest absolute Gasteiger partial charge is 0.329 e. The number of hydrogen-bond donors (Lipinski definition) is 2. The van der Waals surface area contributed by atoms with Crippen molar-refractivity contribution in [3.63, 3.8) is 0 Å². The van der Waals surface area contributed by atoms with E-state index in [1.165, 1.54) is 5.56 Å². The van der Waals surface area contributed by atoms with Crippen LogP contribution in [0.4, 0.5) is 17.3 Å². The molecule has 20 heavy (non-hydrogen) atoms. The van der Waals surface area contributed by atoms with E-state index in [2.05, 4.69) is 39.4 Å². The number of nitrogen functional groups attached to an aromatic ring is 1. The van der Waals surface area contributed by atoms with Crippen LogP contribution in [0.3, 0.4) is 0 Å². The Labute approximate surface area is 119 Å². The molecule has 106 valence electrons. The summed E-state index contributed by atoms with van der Waals surface area (Å²) in [7, 11) is 2.01. The Morgan fingerprint density at radius 1 is 1.20 bits per heavy atom. The SMILES string of the molecule is CCc1nc(NN)c(C)c(N(C)c2ccccc2C)n1. The van der Waals surface area contributed by atoms with Crippen molar-refractivity contribution in [1.82, 2.24) is 9.97 Å². The second-order valence-electron chi connectivity index (χ2n) is 4.78. The zero-order valence-corrected chi connectivity index (χ0v) is 12.4. The lowest BCUT2D eigenvalue weighted by atomic mass is 10.1. The van der Waals surface area contributed by atoms with E-state index >= 15 is 0 Å². The van der Waals surface area contributed by atoms with Crippen molar-refractivity contribution in [3.8, 4) is 0 Å². The van der Waals surface area contributed by atoms with Crippen LogP contribution < -0.4 is 16.2 Å². The van der Waals surface area contributed by atoms with Gasteiger partial charge in [0.05, 0.1) is 0 Å². The molecule has 1 aromatic heterocycles. The summed E-state index contributed by atoms with van der Waals surface area (Å²) in [5, 5.41) is 0. The summed E-state index contributed by atoms with van der Waals surface area (Å²) < 4.78 is 0. The Morgan fingerprint density at radius 3 is 2.50 bits per heavy atom. The van der Waals surface area contributed by atoms with E-state index in [0.29, 0.717) is 5.82 Å². The number of aryl methyl sites for hydroxylation is 2. The first-order valence-electron chi connectivity index (χ1n) is 6.72. The molecule has 2 rings (SSSR count). The predicted octanol–water partition coefficient (Wildman–Crippen LogP) is 2.71. The van der Waals surface area contributed by atoms with Gasteiger partial charge >= 0.3 is 0 Å². The molecule has 1 heterocycles. The molecule has 5 nitrogen and oxygen atoms in total. The molecule has 0 radical (unpaired) electrons. The summed E-state index contributed by atoms with van der Waals surface area (Å²) in [5.74, 6) is 7.88. The van der Waals surface area contributed by atoms with Gasteiger partial charge in [0.2, 0.25) is 0 Å². The molecule has 1 aromatic carbocycles. The van der Waals surface area contributed by atoms with Crippen LogP contribution in [0, 0.1) is 13.8 Å². The van der Waals surface area contributed by atoms with E-state index in [1.807, 2.05) is 33.0 Å². The summed E-state index contributed by atoms with van der Waals surface area (Å²) in [4.78, 5) is 11.1. The first-order chi connectivity index (χ1) is 9.58. The summed E-state index contributed by atoms with van der Waals surface area (Å²) in [6.07, 6.45) is 0.767. The molecule has 0 aliphatic carbocycles. The van der Waals surface area contributed by atoms with Gasteiger partial charge in [0.25, 0.3) is 0 Å². The number of hydrogen-bond acceptors (Lipinski definition) is 5. The molecule has 5 heteroatoms. The van der Waals surface area contributed by atoms with Gasteiger partial charge < -0.3 is 10.3 Å². The second kappa shape index (κ2) is 5.88. The minimum absolute atomic E-state index is 0.673. The summed E-state index contributed by atoms with van der Waals surface area (Å²) in [6.45, 7) is 6.09. The summed E-state index contributed by atoms with van der Waals surface area (Å²) in [6, 6.07) is 8.23. The fourth-order valence-electron chi connectivity index (χ4n) is 2.23. The molecule has 0 aliphatic heterocycles. The average molecular weight is 271 g/mol. The Balaban J connectivity index is 2.54. The Hall–Kier alpha value is -2.14. The van der Waals surface area contributed by atoms with Crippen molar-refractivity contribution < 1.29 is 0 Å². The standard InChI is InChI=1S/C15H21N5/c1-5-13-17-14(19-16)11(3)15(18-13)20(4)12-9-7-6-8-10(12)2/h6-9H,5,16H2,1-4H3,(H,17,18,19). The second-order valence-corrected chi connectivity index (χ2v) is 4.78. The number of aromatic nitrogens is 2. The molecule has 0 spiro atoms. The fourth-order valence-corrected chi connectivity index (χ4v) is 2.23. The zero-order valence-electron chi connectivity index (χ0n) is 12.4. The highest BCUT2D eigenvalue weighted by atomic mass is 15.3. The number of anilines is 3. The van der Waals surface area contributed by atoms with Crippen molar-refractivity contribution >= 4 is 17.3 Å². The number of nitrogens with zero attached hydrogens (tertiary/aromatic N) is 3. The molecule has 0 aliphatic rings. The van der Waals surface area contributed by atoms with Crippen LogP contribution in [0.25, 0.3) is 0 Å². The molecule has 0 bridgehead atoms. The van der Waals surface area contributed by atoms with Gasteiger partial charge in [-0.1, -0.05) is 25.1 Å². The van der Waals surface area contributed by atoms with Crippen molar-refractivity contribution in [2.24, 2.45) is 5.84 Å². The van der Waals surface area contributed by atoms with Crippen molar-refractivity contribution in [1.29, 1.82) is 0 Å². The molecule has 0 saturated heterocycles. The molecule has 0 atom stereocenters. The Bertz CT molecular complexity index is 609. The van der Waals surface area contributed by atoms with E-state index in [0.717, 1.165) is 29.3 Å². The number of hydrazine groups is 1. The van der Waals surface area contributed by atoms with Gasteiger partial charge in [-0.05, 0) is 25.5 Å². The molecule has 2 aromatic rings. The lowest BCUT2D eigenvalue weighted by Crippen LogP contribution is -2.19. The van der Waals surface area contributed by atoms with Crippen LogP contribution in [0.5, 0.6) is 0 Å². The van der Waals surface area contributed by atoms with Gasteiger partial charge in [0.1, 0.15) is 17.5 Å². The molecule has 0 unspecified atom stereocenters. The van der Waals surface area contributed by atoms with Crippen molar-refractivity contribution in [3.05, 3.63) is 41.2 Å². The summed E-state index contributed by atoms with van der Waals surface area (Å²) in [5.41, 5.74) is 5.92. The lowest BCUT2D eigenvalue weighted by Gasteiger charge is -2.23. The predicted molar refractivity (Wildman–Crippen MR) is 83.2 cm³/mol. The van der Waals surface area contributed by atoms with E-state index in [-0.39, 0.29) is 0 Å². The van der Waals surface area contributed by atoms with Crippen LogP contribution >= 0.6 is 0 Å². The Morgan fingerprint density at radius 2 is 1.90 bits per heavy atom. The highest BCUT2D eigenvalue weighted by Gasteiger charge is 2.15. The molecular weight excluding hydrogens is 250 g/mol. The van der Waals surface area contributed by atoms with Crippen molar-refractivity contribution in [2.75, 3.05) is 17.4 Å². The quantitative estimate of drug-likeness (QED) is 0.661. The minimum Gasteiger partial charge on any atom is -0.329 e. The number of nitrogens with one attached hydrogen (secondary N) is 1. The van der Waals surface area contributed by atoms with Crippen LogP contribution in [-0.2, 0) is 6.42 Å². The van der Waals surface area contributed by atoms with Gasteiger partial charge in [-0.2, -0.15) is 0 Å².